The Morgan fingerprint density at radius 2 is 1.80 bits per heavy atom. The summed E-state index contributed by atoms with van der Waals surface area (Å²) in [6.45, 7) is 0. The molecule has 0 radical (unpaired) electrons. The number of anilines is 2. The molecule has 0 aromatic heterocycles. The lowest BCUT2D eigenvalue weighted by molar-refractivity contribution is 0.601. The summed E-state index contributed by atoms with van der Waals surface area (Å²) in [6, 6.07) is 7.55. The molecule has 0 aliphatic rings. The maximum atomic E-state index is 13.0. The van der Waals surface area contributed by atoms with E-state index in [2.05, 4.69) is 4.72 Å². The molecule has 0 atom stereocenters. The van der Waals surface area contributed by atoms with Gasteiger partial charge in [0.15, 0.2) is 0 Å². The van der Waals surface area contributed by atoms with Gasteiger partial charge in [-0.1, -0.05) is 23.2 Å². The van der Waals surface area contributed by atoms with Crippen molar-refractivity contribution in [2.75, 3.05) is 10.5 Å². The van der Waals surface area contributed by atoms with Crippen LogP contribution >= 0.6 is 23.2 Å². The molecule has 106 valence electrons. The van der Waals surface area contributed by atoms with E-state index in [9.17, 15) is 12.8 Å². The maximum absolute atomic E-state index is 13.0. The number of nitrogens with two attached hydrogens (primary N) is 1. The minimum atomic E-state index is -3.94. The Hall–Kier alpha value is -1.50. The number of nitrogen functional groups attached to an aromatic ring is 1. The van der Waals surface area contributed by atoms with E-state index < -0.39 is 15.8 Å². The van der Waals surface area contributed by atoms with Gasteiger partial charge in [0.2, 0.25) is 0 Å². The van der Waals surface area contributed by atoms with Crippen molar-refractivity contribution in [1.82, 2.24) is 0 Å². The van der Waals surface area contributed by atoms with Crippen LogP contribution in [0.5, 0.6) is 0 Å². The molecular weight excluding hydrogens is 326 g/mol. The molecule has 0 fully saturated rings. The third-order valence-corrected chi connectivity index (χ3v) is 4.53. The molecular formula is C12H9Cl2FN2O2S. The van der Waals surface area contributed by atoms with Gasteiger partial charge in [0.1, 0.15) is 10.7 Å². The summed E-state index contributed by atoms with van der Waals surface area (Å²) >= 11 is 11.6. The summed E-state index contributed by atoms with van der Waals surface area (Å²) in [5.74, 6) is -0.631. The molecule has 0 amide bonds. The highest BCUT2D eigenvalue weighted by molar-refractivity contribution is 7.92. The summed E-state index contributed by atoms with van der Waals surface area (Å²) in [5.41, 5.74) is 5.34. The quantitative estimate of drug-likeness (QED) is 0.843. The second-order valence-corrected chi connectivity index (χ2v) is 6.41. The summed E-state index contributed by atoms with van der Waals surface area (Å²) in [5, 5.41) is 0.255. The molecule has 0 aliphatic heterocycles. The van der Waals surface area contributed by atoms with E-state index in [4.69, 9.17) is 28.9 Å². The highest BCUT2D eigenvalue weighted by Crippen LogP contribution is 2.27. The fourth-order valence-corrected chi connectivity index (χ4v) is 3.31. The van der Waals surface area contributed by atoms with E-state index in [1.807, 2.05) is 0 Å². The first-order valence-electron chi connectivity index (χ1n) is 5.32. The van der Waals surface area contributed by atoms with Gasteiger partial charge in [-0.2, -0.15) is 0 Å². The summed E-state index contributed by atoms with van der Waals surface area (Å²) in [4.78, 5) is -0.172. The van der Waals surface area contributed by atoms with Gasteiger partial charge in [-0.05, 0) is 36.4 Å². The Balaban J connectivity index is 2.40. The smallest absolute Gasteiger partial charge is 0.263 e. The minimum Gasteiger partial charge on any atom is -0.396 e. The van der Waals surface area contributed by atoms with Crippen molar-refractivity contribution >= 4 is 44.6 Å². The fourth-order valence-electron chi connectivity index (χ4n) is 1.50. The zero-order valence-electron chi connectivity index (χ0n) is 9.90. The van der Waals surface area contributed by atoms with Crippen molar-refractivity contribution in [2.24, 2.45) is 0 Å². The lowest BCUT2D eigenvalue weighted by Gasteiger charge is -2.10. The lowest BCUT2D eigenvalue weighted by atomic mass is 10.3. The predicted octanol–water partition coefficient (Wildman–Crippen LogP) is 3.52. The predicted molar refractivity (Wildman–Crippen MR) is 78.1 cm³/mol. The number of sulfonamides is 1. The number of hydrogen-bond acceptors (Lipinski definition) is 3. The van der Waals surface area contributed by atoms with Crippen molar-refractivity contribution in [2.45, 2.75) is 4.90 Å². The van der Waals surface area contributed by atoms with Crippen LogP contribution in [0.1, 0.15) is 0 Å². The number of rotatable bonds is 3. The van der Waals surface area contributed by atoms with Crippen molar-refractivity contribution in [3.8, 4) is 0 Å². The zero-order chi connectivity index (χ0) is 14.9. The Morgan fingerprint density at radius 3 is 2.45 bits per heavy atom. The van der Waals surface area contributed by atoms with Crippen molar-refractivity contribution in [3.63, 3.8) is 0 Å². The molecule has 0 unspecified atom stereocenters. The van der Waals surface area contributed by atoms with Crippen molar-refractivity contribution < 1.29 is 12.8 Å². The largest absolute Gasteiger partial charge is 0.396 e. The first-order chi connectivity index (χ1) is 9.29. The van der Waals surface area contributed by atoms with Crippen molar-refractivity contribution in [1.29, 1.82) is 0 Å². The average Bonchev–Trinajstić information content (AvgIpc) is 2.36. The Labute approximate surface area is 125 Å². The molecule has 8 heteroatoms. The molecule has 0 saturated carbocycles. The second-order valence-electron chi connectivity index (χ2n) is 3.92. The van der Waals surface area contributed by atoms with Gasteiger partial charge >= 0.3 is 0 Å². The summed E-state index contributed by atoms with van der Waals surface area (Å²) < 4.78 is 39.6. The fraction of sp³-hybridized carbons (Fsp3) is 0. The maximum Gasteiger partial charge on any atom is 0.263 e. The molecule has 0 saturated heterocycles. The van der Waals surface area contributed by atoms with E-state index in [1.165, 1.54) is 30.3 Å². The number of halogens is 3. The van der Waals surface area contributed by atoms with E-state index in [1.54, 1.807) is 0 Å². The van der Waals surface area contributed by atoms with Crippen LogP contribution in [0.4, 0.5) is 15.8 Å². The van der Waals surface area contributed by atoms with E-state index >= 15 is 0 Å². The molecule has 3 N–H and O–H groups in total. The molecule has 0 aliphatic carbocycles. The summed E-state index contributed by atoms with van der Waals surface area (Å²) in [6.07, 6.45) is 0. The Kier molecular flexibility index (Phi) is 4.08. The zero-order valence-corrected chi connectivity index (χ0v) is 12.2. The number of hydrogen-bond donors (Lipinski definition) is 2. The molecule has 0 bridgehead atoms. The van der Waals surface area contributed by atoms with Crippen molar-refractivity contribution in [3.05, 3.63) is 52.3 Å². The molecule has 2 aromatic carbocycles. The Bertz CT molecular complexity index is 766. The van der Waals surface area contributed by atoms with Gasteiger partial charge in [0, 0.05) is 5.02 Å². The van der Waals surface area contributed by atoms with E-state index in [0.717, 1.165) is 6.07 Å². The summed E-state index contributed by atoms with van der Waals surface area (Å²) in [7, 11) is -3.94. The number of benzene rings is 2. The topological polar surface area (TPSA) is 72.2 Å². The first kappa shape index (κ1) is 14.9. The normalized spacial score (nSPS) is 11.3. The number of nitrogens with one attached hydrogen (secondary N) is 1. The molecule has 4 nitrogen and oxygen atoms in total. The van der Waals surface area contributed by atoms with Gasteiger partial charge in [0.05, 0.1) is 16.4 Å². The van der Waals surface area contributed by atoms with Crippen LogP contribution in [-0.2, 0) is 10.0 Å². The minimum absolute atomic E-state index is 0.0250. The van der Waals surface area contributed by atoms with Crippen LogP contribution in [0.25, 0.3) is 0 Å². The van der Waals surface area contributed by atoms with Crippen LogP contribution in [-0.4, -0.2) is 8.42 Å². The molecule has 2 aromatic rings. The van der Waals surface area contributed by atoms with Gasteiger partial charge < -0.3 is 5.73 Å². The molecule has 2 rings (SSSR count). The van der Waals surface area contributed by atoms with Gasteiger partial charge in [-0.25, -0.2) is 12.8 Å². The van der Waals surface area contributed by atoms with Gasteiger partial charge in [-0.3, -0.25) is 4.72 Å². The van der Waals surface area contributed by atoms with Crippen LogP contribution in [0.3, 0.4) is 0 Å². The molecule has 0 heterocycles. The molecule has 0 spiro atoms. The van der Waals surface area contributed by atoms with E-state index in [0.29, 0.717) is 0 Å². The Morgan fingerprint density at radius 1 is 1.10 bits per heavy atom. The van der Waals surface area contributed by atoms with Crippen LogP contribution < -0.4 is 10.5 Å². The third kappa shape index (κ3) is 3.15. The highest BCUT2D eigenvalue weighted by atomic mass is 35.5. The first-order valence-corrected chi connectivity index (χ1v) is 7.56. The molecule has 20 heavy (non-hydrogen) atoms. The standard InChI is InChI=1S/C12H9Cl2FN2O2S/c13-7-1-3-9(14)12(5-7)20(18,19)17-8-2-4-10(15)11(16)6-8/h1-6,17H,16H2. The lowest BCUT2D eigenvalue weighted by Crippen LogP contribution is -2.13. The highest BCUT2D eigenvalue weighted by Gasteiger charge is 2.19. The monoisotopic (exact) mass is 334 g/mol. The second kappa shape index (κ2) is 5.47. The average molecular weight is 335 g/mol. The van der Waals surface area contributed by atoms with Gasteiger partial charge in [0.25, 0.3) is 10.0 Å². The van der Waals surface area contributed by atoms with Crippen LogP contribution in [0.2, 0.25) is 10.0 Å². The third-order valence-electron chi connectivity index (χ3n) is 2.43. The van der Waals surface area contributed by atoms with Crippen LogP contribution in [0, 0.1) is 5.82 Å². The van der Waals surface area contributed by atoms with E-state index in [-0.39, 0.29) is 26.3 Å². The van der Waals surface area contributed by atoms with Crippen LogP contribution in [0.15, 0.2) is 41.3 Å². The van der Waals surface area contributed by atoms with Gasteiger partial charge in [-0.15, -0.1) is 0 Å². The SMILES string of the molecule is Nc1cc(NS(=O)(=O)c2cc(Cl)ccc2Cl)ccc1F.